The van der Waals surface area contributed by atoms with E-state index in [1.54, 1.807) is 24.3 Å². The van der Waals surface area contributed by atoms with Crippen LogP contribution in [0.5, 0.6) is 5.75 Å². The summed E-state index contributed by atoms with van der Waals surface area (Å²) < 4.78 is 80.5. The molecule has 4 N–H and O–H groups in total. The molecule has 43 heavy (non-hydrogen) atoms. The summed E-state index contributed by atoms with van der Waals surface area (Å²) in [6.45, 7) is 0.818. The number of hydrogen-bond acceptors (Lipinski definition) is 9. The van der Waals surface area contributed by atoms with Gasteiger partial charge in [0.1, 0.15) is 12.4 Å². The average molecular weight is 651 g/mol. The van der Waals surface area contributed by atoms with Gasteiger partial charge in [-0.2, -0.15) is 17.9 Å². The van der Waals surface area contributed by atoms with E-state index >= 15 is 0 Å². The standard InChI is InChI=1S/C23H25N4O7P.CHF3O3S/c1-25-13-17(14-26(25)12-4-11-24)16-7-9-18(10-8-16)33-15-21(35(30,31)32)34-27-22(28)19-5-2-3-6-20(19)23(27)29;2-1(3,4)8(5,6)7/h2-3,5-10,13-14,21H,4,11-12,15,24H2,1H3,(H-,30,31,32);(H,5,6,7). The maximum Gasteiger partial charge on any atom is 0.485 e. The number of aromatic nitrogens is 2. The quantitative estimate of drug-likeness (QED) is 0.0942. The highest BCUT2D eigenvalue weighted by Gasteiger charge is 2.42. The number of halogens is 3. The van der Waals surface area contributed by atoms with Crippen molar-refractivity contribution in [2.24, 2.45) is 12.8 Å². The Bertz CT molecular complexity index is 1590. The van der Waals surface area contributed by atoms with Crippen LogP contribution in [0.3, 0.4) is 0 Å². The predicted molar refractivity (Wildman–Crippen MR) is 140 cm³/mol. The molecule has 1 aliphatic heterocycles. The van der Waals surface area contributed by atoms with Gasteiger partial charge in [-0.1, -0.05) is 24.3 Å². The molecule has 234 valence electrons. The van der Waals surface area contributed by atoms with Crippen molar-refractivity contribution in [1.82, 2.24) is 9.75 Å². The van der Waals surface area contributed by atoms with Gasteiger partial charge in [0.25, 0.3) is 11.8 Å². The number of fused-ring (bicyclic) bond motifs is 1. The second-order valence-corrected chi connectivity index (χ2v) is 12.1. The molecular weight excluding hydrogens is 624 g/mol. The number of amides is 2. The summed E-state index contributed by atoms with van der Waals surface area (Å²) in [6, 6.07) is 13.0. The van der Waals surface area contributed by atoms with Crippen molar-refractivity contribution < 1.29 is 64.3 Å². The summed E-state index contributed by atoms with van der Waals surface area (Å²) in [5.41, 5.74) is 2.05. The fourth-order valence-corrected chi connectivity index (χ4v) is 4.16. The topological polar surface area (TPSA) is 205 Å². The highest BCUT2D eigenvalue weighted by molar-refractivity contribution is 7.86. The highest BCUT2D eigenvalue weighted by atomic mass is 32.2. The van der Waals surface area contributed by atoms with Gasteiger partial charge in [0, 0.05) is 0 Å². The first-order valence-electron chi connectivity index (χ1n) is 12.2. The maximum atomic E-state index is 12.5. The minimum atomic E-state index is -6.09. The van der Waals surface area contributed by atoms with E-state index in [9.17, 15) is 37.1 Å². The molecule has 0 spiro atoms. The van der Waals surface area contributed by atoms with E-state index in [2.05, 4.69) is 0 Å². The summed E-state index contributed by atoms with van der Waals surface area (Å²) in [7, 11) is -9.04. The first kappa shape index (κ1) is 33.9. The molecule has 0 fully saturated rings. The molecule has 1 aliphatic rings. The molecule has 19 heteroatoms. The minimum Gasteiger partial charge on any atom is -0.741 e. The predicted octanol–water partition coefficient (Wildman–Crippen LogP) is 1.49. The lowest BCUT2D eigenvalue weighted by Crippen LogP contribution is -2.38. The number of aryl methyl sites for hydroxylation is 2. The van der Waals surface area contributed by atoms with Crippen LogP contribution in [0.25, 0.3) is 11.1 Å². The van der Waals surface area contributed by atoms with Crippen LogP contribution in [0.15, 0.2) is 60.9 Å². The zero-order valence-corrected chi connectivity index (χ0v) is 24.0. The van der Waals surface area contributed by atoms with E-state index in [4.69, 9.17) is 28.3 Å². The Morgan fingerprint density at radius 3 is 2.05 bits per heavy atom. The van der Waals surface area contributed by atoms with Gasteiger partial charge >= 0.3 is 13.1 Å². The molecule has 3 aromatic rings. The van der Waals surface area contributed by atoms with E-state index in [1.807, 2.05) is 40.9 Å². The minimum absolute atomic E-state index is 0.101. The fourth-order valence-electron chi connectivity index (χ4n) is 3.67. The van der Waals surface area contributed by atoms with Gasteiger partial charge in [-0.05, 0) is 42.8 Å². The number of benzene rings is 2. The monoisotopic (exact) mass is 650 g/mol. The van der Waals surface area contributed by atoms with E-state index in [1.165, 1.54) is 12.1 Å². The number of alkyl halides is 3. The lowest BCUT2D eigenvalue weighted by Gasteiger charge is -2.23. The molecule has 0 radical (unpaired) electrons. The number of carbonyl (C=O) groups is 2. The van der Waals surface area contributed by atoms with Gasteiger partial charge in [-0.15, -0.1) is 9.75 Å². The number of nitrogens with zero attached hydrogens (tertiary/aromatic N) is 3. The van der Waals surface area contributed by atoms with E-state index in [-0.39, 0.29) is 11.1 Å². The molecule has 1 atom stereocenters. The van der Waals surface area contributed by atoms with Crippen molar-refractivity contribution in [1.29, 1.82) is 0 Å². The second-order valence-electron chi connectivity index (χ2n) is 8.93. The number of hydrogen-bond donors (Lipinski definition) is 3. The third kappa shape index (κ3) is 8.47. The third-order valence-electron chi connectivity index (χ3n) is 5.83. The number of hydroxylamine groups is 2. The summed E-state index contributed by atoms with van der Waals surface area (Å²) in [4.78, 5) is 49.6. The second kappa shape index (κ2) is 13.3. The average Bonchev–Trinajstić information content (AvgIpc) is 3.40. The molecule has 2 amide bonds. The maximum absolute atomic E-state index is 12.5. The van der Waals surface area contributed by atoms with Crippen LogP contribution in [0.1, 0.15) is 27.1 Å². The van der Waals surface area contributed by atoms with E-state index in [0.717, 1.165) is 24.1 Å². The molecule has 0 bridgehead atoms. The van der Waals surface area contributed by atoms with Gasteiger partial charge < -0.3 is 24.8 Å². The van der Waals surface area contributed by atoms with Crippen LogP contribution in [-0.2, 0) is 33.1 Å². The Hall–Kier alpha value is -3.64. The van der Waals surface area contributed by atoms with Gasteiger partial charge in [0.15, 0.2) is 17.2 Å². The highest BCUT2D eigenvalue weighted by Crippen LogP contribution is 2.43. The lowest BCUT2D eigenvalue weighted by atomic mass is 10.1. The van der Waals surface area contributed by atoms with Crippen LogP contribution >= 0.6 is 7.60 Å². The van der Waals surface area contributed by atoms with Crippen LogP contribution in [-0.4, -0.2) is 68.8 Å². The molecule has 2 aromatic carbocycles. The largest absolute Gasteiger partial charge is 0.741 e. The number of ether oxygens (including phenoxy) is 1. The lowest BCUT2D eigenvalue weighted by molar-refractivity contribution is -0.753. The van der Waals surface area contributed by atoms with Crippen molar-refractivity contribution in [2.75, 3.05) is 13.2 Å². The van der Waals surface area contributed by atoms with E-state index in [0.29, 0.717) is 17.4 Å². The van der Waals surface area contributed by atoms with Gasteiger partial charge in [0.2, 0.25) is 12.0 Å². The van der Waals surface area contributed by atoms with Crippen molar-refractivity contribution in [3.05, 3.63) is 72.1 Å². The Morgan fingerprint density at radius 1 is 1.05 bits per heavy atom. The van der Waals surface area contributed by atoms with Gasteiger partial charge in [0.05, 0.1) is 29.4 Å². The SMILES string of the molecule is C[n+]1cc(-c2ccc(OCC(ON3C(=O)c4ccccc4C3=O)P(=O)(O)O)cc2)cn1CCCN.O=S(=O)([O-])C(F)(F)F. The Kier molecular flexibility index (Phi) is 10.5. The van der Waals surface area contributed by atoms with Crippen LogP contribution in [0.4, 0.5) is 13.2 Å². The molecule has 14 nitrogen and oxygen atoms in total. The van der Waals surface area contributed by atoms with Crippen molar-refractivity contribution in [2.45, 2.75) is 24.3 Å². The van der Waals surface area contributed by atoms with Crippen molar-refractivity contribution in [3.8, 4) is 16.9 Å². The Labute approximate surface area is 242 Å². The smallest absolute Gasteiger partial charge is 0.485 e. The van der Waals surface area contributed by atoms with Gasteiger partial charge in [-0.3, -0.25) is 14.2 Å². The molecule has 2 heterocycles. The Morgan fingerprint density at radius 2 is 1.58 bits per heavy atom. The van der Waals surface area contributed by atoms with Crippen LogP contribution in [0.2, 0.25) is 0 Å². The van der Waals surface area contributed by atoms with Crippen molar-refractivity contribution >= 4 is 29.5 Å². The first-order valence-corrected chi connectivity index (χ1v) is 15.2. The molecule has 1 aromatic heterocycles. The summed E-state index contributed by atoms with van der Waals surface area (Å²) >= 11 is 0. The third-order valence-corrected chi connectivity index (χ3v) is 7.39. The molecule has 1 unspecified atom stereocenters. The first-order chi connectivity index (χ1) is 19.9. The summed E-state index contributed by atoms with van der Waals surface area (Å²) in [6.07, 6.45) is 4.84. The molecule has 0 saturated carbocycles. The van der Waals surface area contributed by atoms with E-state index < -0.39 is 47.5 Å². The molecule has 0 saturated heterocycles. The number of imide groups is 1. The molecule has 4 rings (SSSR count). The van der Waals surface area contributed by atoms with Crippen LogP contribution in [0, 0.1) is 0 Å². The number of nitrogens with two attached hydrogens (primary N) is 1. The number of carbonyl (C=O) groups excluding carboxylic acids is 2. The van der Waals surface area contributed by atoms with Gasteiger partial charge in [-0.25, -0.2) is 13.3 Å². The van der Waals surface area contributed by atoms with Crippen molar-refractivity contribution in [3.63, 3.8) is 0 Å². The fraction of sp³-hybridized carbons (Fsp3) is 0.292. The summed E-state index contributed by atoms with van der Waals surface area (Å²) in [5, 5.41) is 0.371. The van der Waals surface area contributed by atoms with Crippen LogP contribution < -0.4 is 15.2 Å². The zero-order chi connectivity index (χ0) is 32.2. The molecule has 0 aliphatic carbocycles. The normalized spacial score (nSPS) is 14.3. The Balaban J connectivity index is 0.000000557. The summed E-state index contributed by atoms with van der Waals surface area (Å²) in [5.74, 6) is -3.11. The zero-order valence-electron chi connectivity index (χ0n) is 22.2. The number of rotatable bonds is 10. The molecular formula is C24H26F3N4O10PS.